The van der Waals surface area contributed by atoms with Gasteiger partial charge in [-0.1, -0.05) is 41.4 Å². The summed E-state index contributed by atoms with van der Waals surface area (Å²) < 4.78 is 7.22. The van der Waals surface area contributed by atoms with Crippen LogP contribution in [-0.4, -0.2) is 28.8 Å². The van der Waals surface area contributed by atoms with Crippen molar-refractivity contribution in [1.82, 2.24) is 31.6 Å². The Bertz CT molecular complexity index is 1430. The molecule has 182 valence electrons. The van der Waals surface area contributed by atoms with E-state index >= 15 is 0 Å². The van der Waals surface area contributed by atoms with E-state index in [1.165, 1.54) is 0 Å². The van der Waals surface area contributed by atoms with E-state index in [9.17, 15) is 4.79 Å². The molecule has 4 N–H and O–H groups in total. The Morgan fingerprint density at radius 2 is 1.72 bits per heavy atom. The highest BCUT2D eigenvalue weighted by Gasteiger charge is 2.15. The van der Waals surface area contributed by atoms with Crippen molar-refractivity contribution in [2.24, 2.45) is 5.10 Å². The molecule has 4 aromatic rings. The first kappa shape index (κ1) is 23.7. The molecule has 36 heavy (non-hydrogen) atoms. The summed E-state index contributed by atoms with van der Waals surface area (Å²) in [5.74, 6) is 0.784. The molecular formula is C25H21Cl2N7O2. The molecule has 0 radical (unpaired) electrons. The van der Waals surface area contributed by atoms with E-state index < -0.39 is 0 Å². The third kappa shape index (κ3) is 5.13. The first-order chi connectivity index (χ1) is 17.5. The number of hydrogen-bond acceptors (Lipinski definition) is 7. The summed E-state index contributed by atoms with van der Waals surface area (Å²) in [6, 6.07) is 22.6. The van der Waals surface area contributed by atoms with E-state index in [0.29, 0.717) is 28.1 Å². The fourth-order valence-electron chi connectivity index (χ4n) is 3.70. The van der Waals surface area contributed by atoms with Crippen LogP contribution in [0.5, 0.6) is 5.75 Å². The van der Waals surface area contributed by atoms with E-state index in [0.717, 1.165) is 33.8 Å². The maximum absolute atomic E-state index is 12.4. The number of nitrogens with one attached hydrogen (secondary N) is 4. The van der Waals surface area contributed by atoms with Crippen LogP contribution in [0.4, 0.5) is 0 Å². The van der Waals surface area contributed by atoms with Gasteiger partial charge < -0.3 is 4.74 Å². The van der Waals surface area contributed by atoms with Crippen LogP contribution < -0.4 is 26.5 Å². The average Bonchev–Trinajstić information content (AvgIpc) is 3.56. The molecule has 0 fully saturated rings. The minimum Gasteiger partial charge on any atom is -0.497 e. The average molecular weight is 522 g/mol. The lowest BCUT2D eigenvalue weighted by Gasteiger charge is -2.10. The molecule has 1 amide bonds. The van der Waals surface area contributed by atoms with E-state index in [-0.39, 0.29) is 5.91 Å². The number of hydrazine groups is 2. The molecule has 9 nitrogen and oxygen atoms in total. The molecule has 3 aromatic carbocycles. The number of amides is 1. The second kappa shape index (κ2) is 10.3. The second-order valence-electron chi connectivity index (χ2n) is 7.90. The van der Waals surface area contributed by atoms with E-state index in [2.05, 4.69) is 26.9 Å². The number of hydrazone groups is 1. The Hall–Kier alpha value is -4.05. The fourth-order valence-corrected chi connectivity index (χ4v) is 4.00. The number of methoxy groups -OCH3 is 1. The monoisotopic (exact) mass is 521 g/mol. The number of nitrogens with zero attached hydrogens (tertiary/aromatic N) is 3. The molecule has 0 unspecified atom stereocenters. The van der Waals surface area contributed by atoms with Crippen LogP contribution in [0.2, 0.25) is 10.0 Å². The van der Waals surface area contributed by atoms with Crippen molar-refractivity contribution >= 4 is 35.1 Å². The zero-order chi connectivity index (χ0) is 25.1. The number of carbonyl (C=O) groups excluding carboxylic acids is 1. The van der Waals surface area contributed by atoms with Gasteiger partial charge in [-0.3, -0.25) is 20.2 Å². The van der Waals surface area contributed by atoms with Gasteiger partial charge in [0.05, 0.1) is 35.1 Å². The predicted molar refractivity (Wildman–Crippen MR) is 140 cm³/mol. The topological polar surface area (TPSA) is 105 Å². The van der Waals surface area contributed by atoms with Gasteiger partial charge in [-0.2, -0.15) is 5.10 Å². The van der Waals surface area contributed by atoms with E-state index in [1.54, 1.807) is 31.4 Å². The van der Waals surface area contributed by atoms with Crippen molar-refractivity contribution in [3.05, 3.63) is 94.0 Å². The van der Waals surface area contributed by atoms with Crippen molar-refractivity contribution in [1.29, 1.82) is 0 Å². The minimum atomic E-state index is -0.279. The molecule has 0 bridgehead atoms. The molecule has 0 saturated heterocycles. The smallest absolute Gasteiger partial charge is 0.258 e. The number of guanidine groups is 1. The highest BCUT2D eigenvalue weighted by atomic mass is 35.5. The van der Waals surface area contributed by atoms with Crippen molar-refractivity contribution in [3.8, 4) is 28.3 Å². The van der Waals surface area contributed by atoms with Crippen LogP contribution in [0.25, 0.3) is 22.5 Å². The standard InChI is InChI=1S/C25H21Cl2N7O2/c1-36-19-9-6-16(7-10-19)23-13-22(18-8-11-20(26)21(27)12-18)31-34(23)14-15-2-4-17(5-3-15)24(35)28-25-29-32-33-30-25/h2-13,32-33H,14H2,1H3,(H2,28,29,30,35). The Kier molecular flexibility index (Phi) is 6.77. The summed E-state index contributed by atoms with van der Waals surface area (Å²) in [6.07, 6.45) is 0. The lowest BCUT2D eigenvalue weighted by molar-refractivity contribution is 0.0976. The summed E-state index contributed by atoms with van der Waals surface area (Å²) in [6.45, 7) is 0.493. The summed E-state index contributed by atoms with van der Waals surface area (Å²) in [4.78, 5) is 12.4. The summed E-state index contributed by atoms with van der Waals surface area (Å²) in [5, 5.41) is 12.3. The van der Waals surface area contributed by atoms with Crippen LogP contribution in [0.15, 0.2) is 77.9 Å². The number of halogens is 2. The highest BCUT2D eigenvalue weighted by molar-refractivity contribution is 6.42. The maximum Gasteiger partial charge on any atom is 0.258 e. The first-order valence-electron chi connectivity index (χ1n) is 10.9. The van der Waals surface area contributed by atoms with Crippen molar-refractivity contribution in [2.75, 3.05) is 7.11 Å². The lowest BCUT2D eigenvalue weighted by Crippen LogP contribution is -2.43. The van der Waals surface area contributed by atoms with Gasteiger partial charge in [0.15, 0.2) is 0 Å². The number of carbonyl (C=O) groups is 1. The predicted octanol–water partition coefficient (Wildman–Crippen LogP) is 4.19. The van der Waals surface area contributed by atoms with Crippen molar-refractivity contribution < 1.29 is 9.53 Å². The van der Waals surface area contributed by atoms with Crippen LogP contribution >= 0.6 is 23.2 Å². The normalized spacial score (nSPS) is 12.5. The number of hydrogen-bond donors (Lipinski definition) is 4. The molecule has 1 aliphatic rings. The SMILES string of the molecule is COc1ccc(-c2cc(-c3ccc(Cl)c(Cl)c3)nn2Cc2ccc(C(=O)NC3=NNNN3)cc2)cc1. The molecular weight excluding hydrogens is 501 g/mol. The fraction of sp³-hybridized carbons (Fsp3) is 0.0800. The Morgan fingerprint density at radius 3 is 2.39 bits per heavy atom. The molecule has 1 aliphatic heterocycles. The zero-order valence-corrected chi connectivity index (χ0v) is 20.6. The molecule has 0 spiro atoms. The lowest BCUT2D eigenvalue weighted by atomic mass is 10.1. The van der Waals surface area contributed by atoms with Crippen LogP contribution in [0.3, 0.4) is 0 Å². The summed E-state index contributed by atoms with van der Waals surface area (Å²) in [7, 11) is 1.64. The Balaban J connectivity index is 1.44. The number of rotatable bonds is 6. The molecule has 0 aliphatic carbocycles. The van der Waals surface area contributed by atoms with Crippen LogP contribution in [0, 0.1) is 0 Å². The molecule has 1 aromatic heterocycles. The van der Waals surface area contributed by atoms with Gasteiger partial charge in [-0.05, 0) is 60.2 Å². The van der Waals surface area contributed by atoms with Gasteiger partial charge in [0, 0.05) is 16.7 Å². The largest absolute Gasteiger partial charge is 0.497 e. The van der Waals surface area contributed by atoms with Crippen molar-refractivity contribution in [3.63, 3.8) is 0 Å². The van der Waals surface area contributed by atoms with Gasteiger partial charge >= 0.3 is 0 Å². The van der Waals surface area contributed by atoms with Gasteiger partial charge in [0.1, 0.15) is 5.75 Å². The van der Waals surface area contributed by atoms with Crippen LogP contribution in [0.1, 0.15) is 15.9 Å². The third-order valence-corrected chi connectivity index (χ3v) is 6.31. The molecule has 0 atom stereocenters. The quantitative estimate of drug-likeness (QED) is 0.303. The summed E-state index contributed by atoms with van der Waals surface area (Å²) >= 11 is 12.4. The third-order valence-electron chi connectivity index (χ3n) is 5.57. The Labute approximate surface area is 217 Å². The van der Waals surface area contributed by atoms with Gasteiger partial charge in [0.25, 0.3) is 5.91 Å². The van der Waals surface area contributed by atoms with Gasteiger partial charge in [-0.25, -0.2) is 5.53 Å². The number of aromatic nitrogens is 2. The van der Waals surface area contributed by atoms with Gasteiger partial charge in [0.2, 0.25) is 5.96 Å². The first-order valence-corrected chi connectivity index (χ1v) is 11.7. The molecule has 2 heterocycles. The minimum absolute atomic E-state index is 0.279. The van der Waals surface area contributed by atoms with E-state index in [4.69, 9.17) is 33.0 Å². The van der Waals surface area contributed by atoms with Crippen molar-refractivity contribution in [2.45, 2.75) is 6.54 Å². The highest BCUT2D eigenvalue weighted by Crippen LogP contribution is 2.31. The van der Waals surface area contributed by atoms with Gasteiger partial charge in [-0.15, -0.1) is 10.6 Å². The molecule has 11 heteroatoms. The molecule has 5 rings (SSSR count). The Morgan fingerprint density at radius 1 is 0.972 bits per heavy atom. The maximum atomic E-state index is 12.4. The van der Waals surface area contributed by atoms with E-state index in [1.807, 2.05) is 53.2 Å². The zero-order valence-electron chi connectivity index (χ0n) is 19.0. The number of ether oxygens (including phenoxy) is 1. The summed E-state index contributed by atoms with van der Waals surface area (Å²) in [5.41, 5.74) is 12.7. The second-order valence-corrected chi connectivity index (χ2v) is 8.72. The van der Waals surface area contributed by atoms with Crippen LogP contribution in [-0.2, 0) is 6.54 Å². The number of benzene rings is 3. The molecule has 0 saturated carbocycles.